The van der Waals surface area contributed by atoms with Crippen molar-refractivity contribution in [1.29, 1.82) is 0 Å². The zero-order valence-corrected chi connectivity index (χ0v) is 23.7. The minimum Gasteiger partial charge on any atom is -0.436 e. The molecule has 6 nitrogen and oxygen atoms in total. The molecule has 1 aliphatic heterocycles. The largest absolute Gasteiger partial charge is 0.436 e. The Morgan fingerprint density at radius 3 is 2.00 bits per heavy atom. The molecular formula is C18H44O6Si4. The first kappa shape index (κ1) is 26.7. The lowest BCUT2D eigenvalue weighted by Crippen LogP contribution is -2.58. The summed E-state index contributed by atoms with van der Waals surface area (Å²) >= 11 is 0. The molecule has 0 amide bonds. The Labute approximate surface area is 177 Å². The van der Waals surface area contributed by atoms with Crippen molar-refractivity contribution in [1.82, 2.24) is 0 Å². The van der Waals surface area contributed by atoms with E-state index < -0.39 is 34.0 Å². The highest BCUT2D eigenvalue weighted by Gasteiger charge is 2.46. The van der Waals surface area contributed by atoms with E-state index in [9.17, 15) is 0 Å². The summed E-state index contributed by atoms with van der Waals surface area (Å²) in [5, 5.41) is 0. The van der Waals surface area contributed by atoms with Gasteiger partial charge < -0.3 is 26.2 Å². The zero-order chi connectivity index (χ0) is 21.5. The highest BCUT2D eigenvalue weighted by atomic mass is 28.5. The van der Waals surface area contributed by atoms with Gasteiger partial charge in [0.05, 0.1) is 13.2 Å². The van der Waals surface area contributed by atoms with E-state index in [1.165, 1.54) is 18.9 Å². The van der Waals surface area contributed by atoms with Gasteiger partial charge in [0, 0.05) is 13.7 Å². The van der Waals surface area contributed by atoms with Gasteiger partial charge in [-0.3, -0.25) is 0 Å². The average molecular weight is 469 g/mol. The van der Waals surface area contributed by atoms with Crippen LogP contribution in [0.5, 0.6) is 0 Å². The summed E-state index contributed by atoms with van der Waals surface area (Å²) in [6, 6.07) is 2.06. The maximum Gasteiger partial charge on any atom is 0.322 e. The third kappa shape index (κ3) is 11.7. The standard InChI is InChI=1S/C18H44O6Si4/c1-10-11-14-25(3,4)22-27(7,8)24-28(9,23-26(5,6)19-2)15-12-13-20-16-18-17-21-18/h18H,10-17H2,1-9H3. The second-order valence-electron chi connectivity index (χ2n) is 9.44. The first-order valence-electron chi connectivity index (χ1n) is 10.7. The van der Waals surface area contributed by atoms with Gasteiger partial charge in [-0.25, -0.2) is 0 Å². The molecule has 0 radical (unpaired) electrons. The molecule has 0 bridgehead atoms. The summed E-state index contributed by atoms with van der Waals surface area (Å²) in [6.07, 6.45) is 3.66. The maximum absolute atomic E-state index is 6.76. The molecule has 1 fully saturated rings. The van der Waals surface area contributed by atoms with Crippen molar-refractivity contribution in [3.63, 3.8) is 0 Å². The molecule has 1 saturated heterocycles. The molecule has 0 aromatic rings. The third-order valence-electron chi connectivity index (χ3n) is 4.70. The molecule has 2 atom stereocenters. The lowest BCUT2D eigenvalue weighted by Gasteiger charge is -2.42. The molecule has 0 spiro atoms. The van der Waals surface area contributed by atoms with Crippen molar-refractivity contribution >= 4 is 34.0 Å². The molecule has 0 aromatic carbocycles. The van der Waals surface area contributed by atoms with E-state index in [2.05, 4.69) is 52.8 Å². The molecule has 0 saturated carbocycles. The topological polar surface area (TPSA) is 58.7 Å². The van der Waals surface area contributed by atoms with Crippen molar-refractivity contribution in [2.45, 2.75) is 90.2 Å². The van der Waals surface area contributed by atoms with Crippen LogP contribution in [0.3, 0.4) is 0 Å². The van der Waals surface area contributed by atoms with Gasteiger partial charge in [-0.2, -0.15) is 0 Å². The maximum atomic E-state index is 6.76. The van der Waals surface area contributed by atoms with Gasteiger partial charge in [-0.05, 0) is 64.3 Å². The summed E-state index contributed by atoms with van der Waals surface area (Å²) < 4.78 is 36.6. The van der Waals surface area contributed by atoms with Gasteiger partial charge in [0.15, 0.2) is 8.32 Å². The highest BCUT2D eigenvalue weighted by Crippen LogP contribution is 2.29. The van der Waals surface area contributed by atoms with Crippen molar-refractivity contribution in [2.75, 3.05) is 26.9 Å². The summed E-state index contributed by atoms with van der Waals surface area (Å²) in [4.78, 5) is 0. The third-order valence-corrected chi connectivity index (χ3v) is 20.1. The molecule has 1 rings (SSSR count). The van der Waals surface area contributed by atoms with E-state index in [4.69, 9.17) is 26.2 Å². The Kier molecular flexibility index (Phi) is 10.8. The van der Waals surface area contributed by atoms with Gasteiger partial charge >= 0.3 is 25.7 Å². The number of unbranched alkanes of at least 4 members (excludes halogenated alkanes) is 1. The fraction of sp³-hybridized carbons (Fsp3) is 1.00. The molecule has 10 heteroatoms. The molecule has 0 aromatic heterocycles. The second-order valence-corrected chi connectivity index (χ2v) is 24.7. The fourth-order valence-corrected chi connectivity index (χ4v) is 21.7. The van der Waals surface area contributed by atoms with Gasteiger partial charge in [-0.1, -0.05) is 19.8 Å². The van der Waals surface area contributed by atoms with Gasteiger partial charge in [0.1, 0.15) is 6.10 Å². The van der Waals surface area contributed by atoms with Crippen LogP contribution in [0.15, 0.2) is 0 Å². The monoisotopic (exact) mass is 468 g/mol. The number of rotatable bonds is 16. The Balaban J connectivity index is 2.69. The molecule has 0 N–H and O–H groups in total. The number of hydrogen-bond donors (Lipinski definition) is 0. The molecule has 0 aliphatic carbocycles. The Morgan fingerprint density at radius 2 is 1.46 bits per heavy atom. The van der Waals surface area contributed by atoms with E-state index in [1.807, 2.05) is 0 Å². The minimum absolute atomic E-state index is 0.311. The minimum atomic E-state index is -2.45. The summed E-state index contributed by atoms with van der Waals surface area (Å²) in [7, 11) is -6.97. The lowest BCUT2D eigenvalue weighted by molar-refractivity contribution is 0.115. The molecule has 168 valence electrons. The number of ether oxygens (including phenoxy) is 2. The van der Waals surface area contributed by atoms with Crippen LogP contribution in [0.25, 0.3) is 0 Å². The normalized spacial score (nSPS) is 20.2. The van der Waals surface area contributed by atoms with E-state index in [1.54, 1.807) is 7.11 Å². The molecule has 1 aliphatic rings. The summed E-state index contributed by atoms with van der Waals surface area (Å²) in [5.41, 5.74) is 0. The Bertz CT molecular complexity index is 459. The Hall–Kier alpha value is 0.628. The molecule has 2 unspecified atom stereocenters. The van der Waals surface area contributed by atoms with E-state index in [0.717, 1.165) is 19.1 Å². The first-order valence-corrected chi connectivity index (χ1v) is 21.9. The SMILES string of the molecule is CCCC[Si](C)(C)O[Si](C)(C)O[Si](C)(CCCOCC1CO1)O[Si](C)(C)OC. The van der Waals surface area contributed by atoms with Gasteiger partial charge in [0.25, 0.3) is 0 Å². The summed E-state index contributed by atoms with van der Waals surface area (Å²) in [6.45, 7) is 19.8. The highest BCUT2D eigenvalue weighted by molar-refractivity contribution is 6.89. The van der Waals surface area contributed by atoms with Crippen molar-refractivity contribution in [3.8, 4) is 0 Å². The quantitative estimate of drug-likeness (QED) is 0.181. The van der Waals surface area contributed by atoms with Gasteiger partial charge in [0.2, 0.25) is 0 Å². The average Bonchev–Trinajstić information content (AvgIpc) is 3.34. The second kappa shape index (κ2) is 11.3. The fourth-order valence-electron chi connectivity index (χ4n) is 3.42. The van der Waals surface area contributed by atoms with E-state index >= 15 is 0 Å². The first-order chi connectivity index (χ1) is 12.8. The number of epoxide rings is 1. The Morgan fingerprint density at radius 1 is 0.857 bits per heavy atom. The zero-order valence-electron chi connectivity index (χ0n) is 19.7. The van der Waals surface area contributed by atoms with Crippen LogP contribution < -0.4 is 0 Å². The van der Waals surface area contributed by atoms with Crippen molar-refractivity contribution in [2.24, 2.45) is 0 Å². The van der Waals surface area contributed by atoms with Crippen LogP contribution in [0, 0.1) is 0 Å². The van der Waals surface area contributed by atoms with Crippen LogP contribution in [0.1, 0.15) is 26.2 Å². The smallest absolute Gasteiger partial charge is 0.322 e. The molecular weight excluding hydrogens is 425 g/mol. The van der Waals surface area contributed by atoms with Crippen molar-refractivity contribution in [3.05, 3.63) is 0 Å². The predicted octanol–water partition coefficient (Wildman–Crippen LogP) is 4.97. The summed E-state index contributed by atoms with van der Waals surface area (Å²) in [5.74, 6) is 0. The lowest BCUT2D eigenvalue weighted by atomic mass is 10.4. The predicted molar refractivity (Wildman–Crippen MR) is 124 cm³/mol. The van der Waals surface area contributed by atoms with Crippen molar-refractivity contribution < 1.29 is 26.2 Å². The molecule has 1 heterocycles. The number of hydrogen-bond acceptors (Lipinski definition) is 6. The van der Waals surface area contributed by atoms with Crippen LogP contribution >= 0.6 is 0 Å². The van der Waals surface area contributed by atoms with Crippen LogP contribution in [-0.4, -0.2) is 67.0 Å². The van der Waals surface area contributed by atoms with Crippen LogP contribution in [-0.2, 0) is 26.2 Å². The molecule has 28 heavy (non-hydrogen) atoms. The van der Waals surface area contributed by atoms with Crippen LogP contribution in [0.4, 0.5) is 0 Å². The van der Waals surface area contributed by atoms with Gasteiger partial charge in [-0.15, -0.1) is 0 Å². The van der Waals surface area contributed by atoms with E-state index in [0.29, 0.717) is 19.3 Å². The van der Waals surface area contributed by atoms with E-state index in [-0.39, 0.29) is 0 Å². The van der Waals surface area contributed by atoms with Crippen LogP contribution in [0.2, 0.25) is 57.9 Å².